The Kier molecular flexibility index (Phi) is 5.85. The Balaban J connectivity index is 2.47. The van der Waals surface area contributed by atoms with E-state index >= 15 is 0 Å². The molecule has 0 radical (unpaired) electrons. The molecule has 1 aromatic heterocycles. The first-order chi connectivity index (χ1) is 12.1. The van der Waals surface area contributed by atoms with E-state index in [-0.39, 0.29) is 18.1 Å². The lowest BCUT2D eigenvalue weighted by Gasteiger charge is -2.18. The summed E-state index contributed by atoms with van der Waals surface area (Å²) in [4.78, 5) is 35.6. The molecule has 6 heteroatoms. The van der Waals surface area contributed by atoms with E-state index in [1.54, 1.807) is 40.7 Å². The minimum atomic E-state index is -0.694. The van der Waals surface area contributed by atoms with Crippen molar-refractivity contribution < 1.29 is 23.5 Å². The summed E-state index contributed by atoms with van der Waals surface area (Å²) in [5.41, 5.74) is 0.609. The highest BCUT2D eigenvalue weighted by molar-refractivity contribution is 5.85. The lowest BCUT2D eigenvalue weighted by atomic mass is 9.97. The Bertz CT molecular complexity index is 886. The molecule has 0 N–H and O–H groups in total. The van der Waals surface area contributed by atoms with Crippen molar-refractivity contribution in [3.8, 4) is 5.75 Å². The molecule has 0 atom stereocenters. The van der Waals surface area contributed by atoms with Gasteiger partial charge in [0, 0.05) is 23.9 Å². The minimum Gasteiger partial charge on any atom is -0.466 e. The van der Waals surface area contributed by atoms with Gasteiger partial charge >= 0.3 is 17.6 Å². The van der Waals surface area contributed by atoms with Crippen LogP contribution in [0.25, 0.3) is 11.0 Å². The molecule has 0 bridgehead atoms. The molecule has 0 aliphatic heterocycles. The molecule has 2 aromatic rings. The quantitative estimate of drug-likeness (QED) is 0.461. The van der Waals surface area contributed by atoms with Gasteiger partial charge in [-0.3, -0.25) is 9.59 Å². The van der Waals surface area contributed by atoms with Crippen LogP contribution in [0, 0.1) is 12.3 Å². The summed E-state index contributed by atoms with van der Waals surface area (Å²) in [5, 5.41) is 0.735. The Morgan fingerprint density at radius 2 is 1.85 bits per heavy atom. The number of hydrogen-bond donors (Lipinski definition) is 0. The Hall–Kier alpha value is -2.63. The van der Waals surface area contributed by atoms with Crippen LogP contribution in [0.5, 0.6) is 5.75 Å². The van der Waals surface area contributed by atoms with Crippen molar-refractivity contribution in [2.45, 2.75) is 47.5 Å². The Morgan fingerprint density at radius 3 is 2.46 bits per heavy atom. The van der Waals surface area contributed by atoms with Crippen molar-refractivity contribution >= 4 is 22.9 Å². The number of esters is 2. The molecule has 140 valence electrons. The predicted octanol–water partition coefficient (Wildman–Crippen LogP) is 3.55. The summed E-state index contributed by atoms with van der Waals surface area (Å²) < 4.78 is 15.7. The molecule has 26 heavy (non-hydrogen) atoms. The normalized spacial score (nSPS) is 11.4. The third-order valence-corrected chi connectivity index (χ3v) is 3.85. The van der Waals surface area contributed by atoms with E-state index in [2.05, 4.69) is 0 Å². The van der Waals surface area contributed by atoms with Gasteiger partial charge < -0.3 is 13.9 Å². The molecular formula is C20H24O6. The van der Waals surface area contributed by atoms with Crippen molar-refractivity contribution in [1.29, 1.82) is 0 Å². The van der Waals surface area contributed by atoms with E-state index in [1.165, 1.54) is 12.1 Å². The zero-order valence-electron chi connectivity index (χ0n) is 15.8. The smallest absolute Gasteiger partial charge is 0.336 e. The van der Waals surface area contributed by atoms with Crippen molar-refractivity contribution in [3.05, 3.63) is 39.7 Å². The van der Waals surface area contributed by atoms with Crippen LogP contribution in [0.4, 0.5) is 0 Å². The topological polar surface area (TPSA) is 82.8 Å². The van der Waals surface area contributed by atoms with Gasteiger partial charge in [0.05, 0.1) is 12.0 Å². The van der Waals surface area contributed by atoms with E-state index in [4.69, 9.17) is 13.9 Å². The third kappa shape index (κ3) is 4.71. The molecule has 0 saturated heterocycles. The molecule has 0 unspecified atom stereocenters. The van der Waals surface area contributed by atoms with Crippen LogP contribution < -0.4 is 10.4 Å². The Morgan fingerprint density at radius 1 is 1.15 bits per heavy atom. The number of hydrogen-bond acceptors (Lipinski definition) is 6. The first-order valence-corrected chi connectivity index (χ1v) is 8.57. The number of carbonyl (C=O) groups is 2. The summed E-state index contributed by atoms with van der Waals surface area (Å²) >= 11 is 0. The summed E-state index contributed by atoms with van der Waals surface area (Å²) in [6, 6.07) is 4.73. The third-order valence-electron chi connectivity index (χ3n) is 3.85. The van der Waals surface area contributed by atoms with Crippen molar-refractivity contribution in [2.24, 2.45) is 5.41 Å². The molecule has 0 fully saturated rings. The highest BCUT2D eigenvalue weighted by Crippen LogP contribution is 2.30. The molecule has 6 nitrogen and oxygen atoms in total. The van der Waals surface area contributed by atoms with Gasteiger partial charge in [-0.15, -0.1) is 0 Å². The fourth-order valence-electron chi connectivity index (χ4n) is 2.40. The molecule has 1 heterocycles. The average molecular weight is 360 g/mol. The van der Waals surface area contributed by atoms with Crippen LogP contribution in [0.2, 0.25) is 0 Å². The van der Waals surface area contributed by atoms with E-state index in [9.17, 15) is 14.4 Å². The van der Waals surface area contributed by atoms with Crippen LogP contribution in [0.15, 0.2) is 27.4 Å². The van der Waals surface area contributed by atoms with Crippen LogP contribution in [-0.2, 0) is 20.7 Å². The van der Waals surface area contributed by atoms with Crippen LogP contribution in [-0.4, -0.2) is 18.5 Å². The first-order valence-electron chi connectivity index (χ1n) is 8.57. The first kappa shape index (κ1) is 19.7. The second-order valence-corrected chi connectivity index (χ2v) is 7.15. The largest absolute Gasteiger partial charge is 0.466 e. The van der Waals surface area contributed by atoms with Gasteiger partial charge in [-0.25, -0.2) is 4.79 Å². The molecule has 0 aliphatic rings. The minimum absolute atomic E-state index is 0.162. The van der Waals surface area contributed by atoms with Gasteiger partial charge in [-0.05, 0) is 58.2 Å². The summed E-state index contributed by atoms with van der Waals surface area (Å²) in [6.07, 6.45) is 0.509. The lowest BCUT2D eigenvalue weighted by Crippen LogP contribution is -2.26. The summed E-state index contributed by atoms with van der Waals surface area (Å²) in [6.45, 7) is 9.11. The van der Waals surface area contributed by atoms with E-state index in [1.807, 2.05) is 0 Å². The number of benzene rings is 1. The highest BCUT2D eigenvalue weighted by Gasteiger charge is 2.25. The SMILES string of the molecule is CCOC(=O)CCc1cc2c(C)cc(=O)oc2cc1OC(=O)C(C)(C)C. The summed E-state index contributed by atoms with van der Waals surface area (Å²) in [7, 11) is 0. The zero-order chi connectivity index (χ0) is 19.5. The average Bonchev–Trinajstić information content (AvgIpc) is 2.52. The van der Waals surface area contributed by atoms with Crippen molar-refractivity contribution in [2.75, 3.05) is 6.61 Å². The van der Waals surface area contributed by atoms with Gasteiger partial charge in [0.1, 0.15) is 11.3 Å². The second-order valence-electron chi connectivity index (χ2n) is 7.15. The lowest BCUT2D eigenvalue weighted by molar-refractivity contribution is -0.143. The highest BCUT2D eigenvalue weighted by atomic mass is 16.5. The zero-order valence-corrected chi connectivity index (χ0v) is 15.8. The molecule has 0 amide bonds. The fourth-order valence-corrected chi connectivity index (χ4v) is 2.40. The monoisotopic (exact) mass is 360 g/mol. The molecule has 0 spiro atoms. The maximum atomic E-state index is 12.3. The van der Waals surface area contributed by atoms with Crippen molar-refractivity contribution in [3.63, 3.8) is 0 Å². The Labute approximate surface area is 152 Å². The predicted molar refractivity (Wildman–Crippen MR) is 97.3 cm³/mol. The van der Waals surface area contributed by atoms with Gasteiger partial charge in [0.25, 0.3) is 0 Å². The number of carbonyl (C=O) groups excluding carboxylic acids is 2. The number of aryl methyl sites for hydroxylation is 2. The van der Waals surface area contributed by atoms with Crippen LogP contribution in [0.1, 0.15) is 45.2 Å². The molecule has 1 aromatic carbocycles. The van der Waals surface area contributed by atoms with Gasteiger partial charge in [0.2, 0.25) is 0 Å². The van der Waals surface area contributed by atoms with E-state index in [0.29, 0.717) is 24.2 Å². The van der Waals surface area contributed by atoms with Gasteiger partial charge in [0.15, 0.2) is 0 Å². The second kappa shape index (κ2) is 7.72. The van der Waals surface area contributed by atoms with Crippen LogP contribution >= 0.6 is 0 Å². The fraction of sp³-hybridized carbons (Fsp3) is 0.450. The van der Waals surface area contributed by atoms with Crippen LogP contribution in [0.3, 0.4) is 0 Å². The maximum Gasteiger partial charge on any atom is 0.336 e. The molecule has 0 saturated carbocycles. The number of rotatable bonds is 5. The van der Waals surface area contributed by atoms with Gasteiger partial charge in [-0.1, -0.05) is 0 Å². The number of fused-ring (bicyclic) bond motifs is 1. The van der Waals surface area contributed by atoms with E-state index < -0.39 is 17.0 Å². The maximum absolute atomic E-state index is 12.3. The molecule has 2 rings (SSSR count). The van der Waals surface area contributed by atoms with Crippen molar-refractivity contribution in [1.82, 2.24) is 0 Å². The number of ether oxygens (including phenoxy) is 2. The molecule has 0 aliphatic carbocycles. The molecular weight excluding hydrogens is 336 g/mol. The summed E-state index contributed by atoms with van der Waals surface area (Å²) in [5.74, 6) is -0.447. The van der Waals surface area contributed by atoms with E-state index in [0.717, 1.165) is 10.9 Å². The van der Waals surface area contributed by atoms with Gasteiger partial charge in [-0.2, -0.15) is 0 Å². The standard InChI is InChI=1S/C20H24O6/c1-6-24-17(21)8-7-13-10-14-12(2)9-18(22)25-16(14)11-15(13)26-19(23)20(3,4)5/h9-11H,6-8H2,1-5H3.